The third kappa shape index (κ3) is 2.59. The first-order valence-corrected chi connectivity index (χ1v) is 6.68. The number of aromatic nitrogens is 3. The number of hydrogen-bond donors (Lipinski definition) is 1. The second kappa shape index (κ2) is 5.25. The van der Waals surface area contributed by atoms with Gasteiger partial charge in [0.15, 0.2) is 0 Å². The van der Waals surface area contributed by atoms with Crippen molar-refractivity contribution in [3.05, 3.63) is 47.5 Å². The van der Waals surface area contributed by atoms with Gasteiger partial charge in [0, 0.05) is 18.4 Å². The van der Waals surface area contributed by atoms with Crippen LogP contribution in [0.1, 0.15) is 35.7 Å². The molecular weight excluding hydrogens is 250 g/mol. The smallest absolute Gasteiger partial charge is 0.223 e. The Morgan fingerprint density at radius 2 is 2.20 bits per heavy atom. The molecule has 0 saturated heterocycles. The fourth-order valence-electron chi connectivity index (χ4n) is 2.04. The number of hydrogen-bond acceptors (Lipinski definition) is 5. The Labute approximate surface area is 117 Å². The maximum atomic E-state index is 9.47. The van der Waals surface area contributed by atoms with Crippen molar-refractivity contribution in [2.24, 2.45) is 0 Å². The van der Waals surface area contributed by atoms with E-state index in [1.54, 1.807) is 12.4 Å². The molecule has 1 saturated carbocycles. The van der Waals surface area contributed by atoms with Gasteiger partial charge in [-0.05, 0) is 37.5 Å². The highest BCUT2D eigenvalue weighted by molar-refractivity contribution is 5.39. The van der Waals surface area contributed by atoms with Gasteiger partial charge in [-0.15, -0.1) is 0 Å². The van der Waals surface area contributed by atoms with Gasteiger partial charge in [-0.3, -0.25) is 4.98 Å². The van der Waals surface area contributed by atoms with E-state index in [2.05, 4.69) is 26.3 Å². The average Bonchev–Trinajstić information content (AvgIpc) is 3.28. The molecule has 1 atom stereocenters. The Hall–Kier alpha value is -2.48. The Kier molecular flexibility index (Phi) is 3.30. The summed E-state index contributed by atoms with van der Waals surface area (Å²) in [6.45, 7) is 1.92. The highest BCUT2D eigenvalue weighted by Crippen LogP contribution is 2.26. The molecule has 0 amide bonds. The molecule has 0 bridgehead atoms. The lowest BCUT2D eigenvalue weighted by Gasteiger charge is -2.12. The van der Waals surface area contributed by atoms with Gasteiger partial charge in [0.25, 0.3) is 0 Å². The van der Waals surface area contributed by atoms with Crippen LogP contribution in [0, 0.1) is 18.3 Å². The Bertz CT molecular complexity index is 643. The van der Waals surface area contributed by atoms with E-state index >= 15 is 0 Å². The molecule has 2 heterocycles. The molecule has 0 aromatic carbocycles. The molecule has 5 nitrogen and oxygen atoms in total. The molecule has 0 radical (unpaired) electrons. The van der Waals surface area contributed by atoms with Gasteiger partial charge in [0.05, 0.1) is 17.5 Å². The van der Waals surface area contributed by atoms with E-state index in [4.69, 9.17) is 0 Å². The SMILES string of the molecule is Cc1cnc(NC2CC2)nc1C(C#N)c1ccccn1. The molecule has 1 aliphatic rings. The summed E-state index contributed by atoms with van der Waals surface area (Å²) in [4.78, 5) is 13.1. The average molecular weight is 265 g/mol. The van der Waals surface area contributed by atoms with Crippen LogP contribution in [-0.2, 0) is 0 Å². The quantitative estimate of drug-likeness (QED) is 0.918. The van der Waals surface area contributed by atoms with Crippen LogP contribution in [0.15, 0.2) is 30.6 Å². The minimum absolute atomic E-state index is 0.459. The fraction of sp³-hybridized carbons (Fsp3) is 0.333. The minimum atomic E-state index is -0.459. The molecule has 100 valence electrons. The van der Waals surface area contributed by atoms with E-state index in [-0.39, 0.29) is 0 Å². The van der Waals surface area contributed by atoms with E-state index < -0.39 is 5.92 Å². The van der Waals surface area contributed by atoms with Gasteiger partial charge in [0.2, 0.25) is 5.95 Å². The third-order valence-corrected chi connectivity index (χ3v) is 3.31. The molecule has 1 N–H and O–H groups in total. The Morgan fingerprint density at radius 3 is 2.85 bits per heavy atom. The lowest BCUT2D eigenvalue weighted by molar-refractivity contribution is 0.882. The minimum Gasteiger partial charge on any atom is -0.351 e. The Balaban J connectivity index is 1.96. The second-order valence-electron chi connectivity index (χ2n) is 5.00. The van der Waals surface area contributed by atoms with Crippen molar-refractivity contribution in [3.63, 3.8) is 0 Å². The Morgan fingerprint density at radius 1 is 1.35 bits per heavy atom. The van der Waals surface area contributed by atoms with Crippen molar-refractivity contribution in [1.82, 2.24) is 15.0 Å². The monoisotopic (exact) mass is 265 g/mol. The van der Waals surface area contributed by atoms with E-state index in [9.17, 15) is 5.26 Å². The van der Waals surface area contributed by atoms with Gasteiger partial charge < -0.3 is 5.32 Å². The maximum absolute atomic E-state index is 9.47. The first-order chi connectivity index (χ1) is 9.78. The number of rotatable bonds is 4. The van der Waals surface area contributed by atoms with Crippen LogP contribution in [0.3, 0.4) is 0 Å². The molecule has 1 unspecified atom stereocenters. The standard InChI is InChI=1S/C15H15N5/c1-10-9-18-15(19-11-5-6-11)20-14(10)12(8-16)13-4-2-3-7-17-13/h2-4,7,9,11-12H,5-6H2,1H3,(H,18,19,20). The first kappa shape index (κ1) is 12.5. The highest BCUT2D eigenvalue weighted by atomic mass is 15.1. The van der Waals surface area contributed by atoms with Gasteiger partial charge in [-0.2, -0.15) is 5.26 Å². The van der Waals surface area contributed by atoms with E-state index in [1.165, 1.54) is 0 Å². The van der Waals surface area contributed by atoms with Gasteiger partial charge in [-0.1, -0.05) is 6.07 Å². The molecule has 5 heteroatoms. The zero-order valence-electron chi connectivity index (χ0n) is 11.2. The number of aryl methyl sites for hydroxylation is 1. The zero-order valence-corrected chi connectivity index (χ0v) is 11.2. The summed E-state index contributed by atoms with van der Waals surface area (Å²) in [6.07, 6.45) is 5.78. The molecule has 2 aromatic heterocycles. The highest BCUT2D eigenvalue weighted by Gasteiger charge is 2.24. The number of nitrogens with one attached hydrogen (secondary N) is 1. The number of anilines is 1. The van der Waals surface area contributed by atoms with Crippen LogP contribution in [0.5, 0.6) is 0 Å². The van der Waals surface area contributed by atoms with Crippen LogP contribution in [-0.4, -0.2) is 21.0 Å². The van der Waals surface area contributed by atoms with E-state index in [0.29, 0.717) is 17.7 Å². The van der Waals surface area contributed by atoms with Crippen molar-refractivity contribution in [1.29, 1.82) is 5.26 Å². The number of nitriles is 1. The molecule has 2 aromatic rings. The van der Waals surface area contributed by atoms with E-state index in [0.717, 1.165) is 24.1 Å². The molecule has 0 aliphatic heterocycles. The fourth-order valence-corrected chi connectivity index (χ4v) is 2.04. The normalized spacial score (nSPS) is 15.4. The molecule has 1 fully saturated rings. The summed E-state index contributed by atoms with van der Waals surface area (Å²) < 4.78 is 0. The summed E-state index contributed by atoms with van der Waals surface area (Å²) in [5.41, 5.74) is 2.35. The predicted molar refractivity (Wildman–Crippen MR) is 75.1 cm³/mol. The van der Waals surface area contributed by atoms with E-state index in [1.807, 2.05) is 25.1 Å². The van der Waals surface area contributed by atoms with Gasteiger partial charge in [-0.25, -0.2) is 9.97 Å². The van der Waals surface area contributed by atoms with Gasteiger partial charge >= 0.3 is 0 Å². The molecule has 0 spiro atoms. The third-order valence-electron chi connectivity index (χ3n) is 3.31. The molecule has 1 aliphatic carbocycles. The number of pyridine rings is 1. The summed E-state index contributed by atoms with van der Waals surface area (Å²) in [5, 5.41) is 12.7. The lowest BCUT2D eigenvalue weighted by Crippen LogP contribution is -2.11. The maximum Gasteiger partial charge on any atom is 0.223 e. The summed E-state index contributed by atoms with van der Waals surface area (Å²) in [7, 11) is 0. The topological polar surface area (TPSA) is 74.5 Å². The van der Waals surface area contributed by atoms with Crippen molar-refractivity contribution in [3.8, 4) is 6.07 Å². The summed E-state index contributed by atoms with van der Waals surface area (Å²) in [5.74, 6) is 0.142. The number of nitrogens with zero attached hydrogens (tertiary/aromatic N) is 4. The van der Waals surface area contributed by atoms with Crippen molar-refractivity contribution in [2.45, 2.75) is 31.7 Å². The van der Waals surface area contributed by atoms with Crippen LogP contribution in [0.4, 0.5) is 5.95 Å². The molecular formula is C15H15N5. The van der Waals surface area contributed by atoms with Crippen LogP contribution < -0.4 is 5.32 Å². The zero-order chi connectivity index (χ0) is 13.9. The summed E-state index contributed by atoms with van der Waals surface area (Å²) >= 11 is 0. The van der Waals surface area contributed by atoms with Crippen molar-refractivity contribution < 1.29 is 0 Å². The summed E-state index contributed by atoms with van der Waals surface area (Å²) in [6, 6.07) is 8.35. The first-order valence-electron chi connectivity index (χ1n) is 6.68. The molecule has 20 heavy (non-hydrogen) atoms. The predicted octanol–water partition coefficient (Wildman–Crippen LogP) is 2.41. The van der Waals surface area contributed by atoms with Crippen LogP contribution in [0.2, 0.25) is 0 Å². The second-order valence-corrected chi connectivity index (χ2v) is 5.00. The van der Waals surface area contributed by atoms with Crippen LogP contribution >= 0.6 is 0 Å². The largest absolute Gasteiger partial charge is 0.351 e. The van der Waals surface area contributed by atoms with Crippen molar-refractivity contribution >= 4 is 5.95 Å². The van der Waals surface area contributed by atoms with Crippen LogP contribution in [0.25, 0.3) is 0 Å². The molecule has 3 rings (SSSR count). The van der Waals surface area contributed by atoms with Crippen molar-refractivity contribution in [2.75, 3.05) is 5.32 Å². The lowest BCUT2D eigenvalue weighted by atomic mass is 9.99. The van der Waals surface area contributed by atoms with Gasteiger partial charge in [0.1, 0.15) is 5.92 Å².